The molecular weight excluding hydrogens is 422 g/mol. The molecule has 3 aromatic rings. The van der Waals surface area contributed by atoms with Crippen LogP contribution in [-0.2, 0) is 14.4 Å². The summed E-state index contributed by atoms with van der Waals surface area (Å²) in [7, 11) is 0. The van der Waals surface area contributed by atoms with Crippen LogP contribution in [0.4, 0.5) is 0 Å². The Kier molecular flexibility index (Phi) is 7.41. The predicted molar refractivity (Wildman–Crippen MR) is 116 cm³/mol. The highest BCUT2D eigenvalue weighted by Gasteiger charge is 2.19. The van der Waals surface area contributed by atoms with E-state index in [1.165, 1.54) is 6.20 Å². The summed E-state index contributed by atoms with van der Waals surface area (Å²) in [5.41, 5.74) is 2.14. The van der Waals surface area contributed by atoms with Gasteiger partial charge in [0.25, 0.3) is 0 Å². The van der Waals surface area contributed by atoms with Gasteiger partial charge in [-0.05, 0) is 68.8 Å². The van der Waals surface area contributed by atoms with Gasteiger partial charge in [-0.3, -0.25) is 4.84 Å². The van der Waals surface area contributed by atoms with E-state index in [-0.39, 0.29) is 6.61 Å². The van der Waals surface area contributed by atoms with Crippen LogP contribution >= 0.6 is 11.6 Å². The number of fused-ring (bicyclic) bond motifs is 1. The van der Waals surface area contributed by atoms with E-state index in [2.05, 4.69) is 14.8 Å². The molecule has 2 aromatic carbocycles. The first kappa shape index (κ1) is 22.5. The lowest BCUT2D eigenvalue weighted by Gasteiger charge is -2.16. The smallest absolute Gasteiger partial charge is 0.352 e. The van der Waals surface area contributed by atoms with Gasteiger partial charge in [0.2, 0.25) is 5.88 Å². The first-order valence-electron chi connectivity index (χ1n) is 9.42. The zero-order valence-electron chi connectivity index (χ0n) is 17.3. The highest BCUT2D eigenvalue weighted by atomic mass is 35.5. The Bertz CT molecular complexity index is 1100. The van der Waals surface area contributed by atoms with Crippen LogP contribution in [0.1, 0.15) is 20.8 Å². The van der Waals surface area contributed by atoms with Gasteiger partial charge in [-0.25, -0.2) is 20.7 Å². The molecular formula is C22H22ClN3O5. The maximum Gasteiger partial charge on any atom is 0.352 e. The summed E-state index contributed by atoms with van der Waals surface area (Å²) in [5, 5.41) is 0.592. The molecule has 0 aliphatic heterocycles. The van der Waals surface area contributed by atoms with Gasteiger partial charge in [0.05, 0.1) is 17.2 Å². The highest BCUT2D eigenvalue weighted by Crippen LogP contribution is 2.25. The third kappa shape index (κ3) is 6.14. The fraction of sp³-hybridized carbons (Fsp3) is 0.227. The van der Waals surface area contributed by atoms with E-state index in [1.54, 1.807) is 63.2 Å². The number of hydrogen-bond acceptors (Lipinski definition) is 8. The Balaban J connectivity index is 1.61. The molecule has 162 valence electrons. The molecule has 31 heavy (non-hydrogen) atoms. The largest absolute Gasteiger partial charge is 0.479 e. The van der Waals surface area contributed by atoms with Crippen LogP contribution in [0.15, 0.2) is 60.0 Å². The van der Waals surface area contributed by atoms with E-state index in [1.807, 2.05) is 0 Å². The lowest BCUT2D eigenvalue weighted by atomic mass is 10.3. The van der Waals surface area contributed by atoms with Gasteiger partial charge in [-0.2, -0.15) is 0 Å². The molecule has 1 unspecified atom stereocenters. The fourth-order valence-corrected chi connectivity index (χ4v) is 2.70. The third-order valence-corrected chi connectivity index (χ3v) is 4.40. The topological polar surface area (TPSA) is 106 Å². The van der Waals surface area contributed by atoms with Crippen molar-refractivity contribution < 1.29 is 23.8 Å². The molecule has 3 rings (SSSR count). The number of carbonyl (C=O) groups is 1. The van der Waals surface area contributed by atoms with E-state index >= 15 is 0 Å². The maximum atomic E-state index is 12.2. The van der Waals surface area contributed by atoms with Gasteiger partial charge >= 0.3 is 5.97 Å². The Morgan fingerprint density at radius 3 is 2.48 bits per heavy atom. The van der Waals surface area contributed by atoms with E-state index in [9.17, 15) is 4.79 Å². The standard InChI is InChI=1S/C22H22ClN3O5/c1-13(2)20(12-28-24)31-22(27)14(3)29-16-5-7-17(8-6-16)30-21-11-25-19-10-15(23)4-9-18(19)26-21/h4-11,14H,12,24H2,1-3H3. The molecule has 1 aromatic heterocycles. The molecule has 0 spiro atoms. The van der Waals surface area contributed by atoms with Crippen molar-refractivity contribution in [2.75, 3.05) is 6.61 Å². The Labute approximate surface area is 184 Å². The lowest BCUT2D eigenvalue weighted by Crippen LogP contribution is -2.27. The van der Waals surface area contributed by atoms with Gasteiger partial charge in [0.15, 0.2) is 6.10 Å². The summed E-state index contributed by atoms with van der Waals surface area (Å²) in [4.78, 5) is 25.5. The lowest BCUT2D eigenvalue weighted by molar-refractivity contribution is -0.147. The van der Waals surface area contributed by atoms with Crippen molar-refractivity contribution in [2.45, 2.75) is 26.9 Å². The SMILES string of the molecule is CC(C)=C(CON)OC(=O)C(C)Oc1ccc(Oc2cnc3cc(Cl)ccc3n2)cc1. The number of rotatable bonds is 8. The van der Waals surface area contributed by atoms with Crippen LogP contribution in [0.5, 0.6) is 17.4 Å². The van der Waals surface area contributed by atoms with Crippen LogP contribution in [0, 0.1) is 0 Å². The second kappa shape index (κ2) is 10.2. The Morgan fingerprint density at radius 1 is 1.10 bits per heavy atom. The third-order valence-electron chi connectivity index (χ3n) is 4.17. The minimum atomic E-state index is -0.836. The second-order valence-electron chi connectivity index (χ2n) is 6.83. The van der Waals surface area contributed by atoms with Crippen molar-refractivity contribution in [1.29, 1.82) is 0 Å². The number of benzene rings is 2. The summed E-state index contributed by atoms with van der Waals surface area (Å²) in [6.45, 7) is 5.18. The summed E-state index contributed by atoms with van der Waals surface area (Å²) < 4.78 is 16.7. The molecule has 0 aliphatic carbocycles. The molecule has 0 amide bonds. The maximum absolute atomic E-state index is 12.2. The average molecular weight is 444 g/mol. The molecule has 1 atom stereocenters. The van der Waals surface area contributed by atoms with Gasteiger partial charge < -0.3 is 14.2 Å². The van der Waals surface area contributed by atoms with Crippen molar-refractivity contribution in [3.8, 4) is 17.4 Å². The molecule has 0 aliphatic rings. The van der Waals surface area contributed by atoms with Crippen molar-refractivity contribution in [3.63, 3.8) is 0 Å². The normalized spacial score (nSPS) is 11.6. The average Bonchev–Trinajstić information content (AvgIpc) is 2.74. The molecule has 0 bridgehead atoms. The van der Waals surface area contributed by atoms with Gasteiger partial charge in [-0.1, -0.05) is 11.6 Å². The quantitative estimate of drug-likeness (QED) is 0.306. The van der Waals surface area contributed by atoms with Crippen molar-refractivity contribution >= 4 is 28.6 Å². The predicted octanol–water partition coefficient (Wildman–Crippen LogP) is 4.57. The number of nitrogens with zero attached hydrogens (tertiary/aromatic N) is 2. The summed E-state index contributed by atoms with van der Waals surface area (Å²) in [5.74, 6) is 6.22. The van der Waals surface area contributed by atoms with Crippen molar-refractivity contribution in [2.24, 2.45) is 5.90 Å². The number of halogens is 1. The van der Waals surface area contributed by atoms with E-state index < -0.39 is 12.1 Å². The molecule has 1 heterocycles. The Morgan fingerprint density at radius 2 is 1.81 bits per heavy atom. The molecule has 2 N–H and O–H groups in total. The highest BCUT2D eigenvalue weighted by molar-refractivity contribution is 6.31. The van der Waals surface area contributed by atoms with Crippen LogP contribution in [0.25, 0.3) is 11.0 Å². The van der Waals surface area contributed by atoms with E-state index in [0.717, 1.165) is 5.57 Å². The van der Waals surface area contributed by atoms with E-state index in [4.69, 9.17) is 31.7 Å². The van der Waals surface area contributed by atoms with Gasteiger partial charge in [0, 0.05) is 5.02 Å². The van der Waals surface area contributed by atoms with Gasteiger partial charge in [-0.15, -0.1) is 0 Å². The van der Waals surface area contributed by atoms with Crippen LogP contribution in [0.3, 0.4) is 0 Å². The monoisotopic (exact) mass is 443 g/mol. The summed E-state index contributed by atoms with van der Waals surface area (Å²) in [6, 6.07) is 12.0. The van der Waals surface area contributed by atoms with E-state index in [0.29, 0.717) is 39.2 Å². The molecule has 9 heteroatoms. The molecule has 8 nitrogen and oxygen atoms in total. The first-order chi connectivity index (χ1) is 14.9. The van der Waals surface area contributed by atoms with Crippen molar-refractivity contribution in [3.05, 3.63) is 65.0 Å². The molecule has 0 saturated carbocycles. The molecule has 0 saturated heterocycles. The zero-order valence-corrected chi connectivity index (χ0v) is 18.1. The van der Waals surface area contributed by atoms with Crippen LogP contribution < -0.4 is 15.4 Å². The number of carbonyl (C=O) groups excluding carboxylic acids is 1. The Hall–Kier alpha value is -3.20. The second-order valence-corrected chi connectivity index (χ2v) is 7.27. The molecule has 0 fully saturated rings. The number of allylic oxidation sites excluding steroid dienone is 1. The number of esters is 1. The van der Waals surface area contributed by atoms with Gasteiger partial charge in [0.1, 0.15) is 23.9 Å². The number of ether oxygens (including phenoxy) is 3. The number of nitrogens with two attached hydrogens (primary N) is 1. The van der Waals surface area contributed by atoms with Crippen molar-refractivity contribution in [1.82, 2.24) is 9.97 Å². The fourth-order valence-electron chi connectivity index (χ4n) is 2.53. The summed E-state index contributed by atoms with van der Waals surface area (Å²) in [6.07, 6.45) is 0.685. The minimum absolute atomic E-state index is 0.00245. The minimum Gasteiger partial charge on any atom is -0.479 e. The molecule has 0 radical (unpaired) electrons. The summed E-state index contributed by atoms with van der Waals surface area (Å²) >= 11 is 5.96. The first-order valence-corrected chi connectivity index (χ1v) is 9.80. The number of aromatic nitrogens is 2. The van der Waals surface area contributed by atoms with Crippen LogP contribution in [0.2, 0.25) is 5.02 Å². The zero-order chi connectivity index (χ0) is 22.4. The van der Waals surface area contributed by atoms with Crippen LogP contribution in [-0.4, -0.2) is 28.6 Å². The number of hydrogen-bond donors (Lipinski definition) is 1.